The van der Waals surface area contributed by atoms with Crippen LogP contribution in [0, 0.1) is 0 Å². The fourth-order valence-electron chi connectivity index (χ4n) is 2.20. The number of benzene rings is 1. The molecule has 1 amide bonds. The first kappa shape index (κ1) is 18.5. The third kappa shape index (κ3) is 5.36. The Balaban J connectivity index is 2.07. The summed E-state index contributed by atoms with van der Waals surface area (Å²) in [7, 11) is 4.81. The Morgan fingerprint density at radius 1 is 1.12 bits per heavy atom. The lowest BCUT2D eigenvalue weighted by atomic mass is 10.2. The van der Waals surface area contributed by atoms with E-state index >= 15 is 0 Å². The first-order valence-electron chi connectivity index (χ1n) is 7.90. The minimum atomic E-state index is -0.150. The van der Waals surface area contributed by atoms with Crippen molar-refractivity contribution in [3.05, 3.63) is 42.1 Å². The van der Waals surface area contributed by atoms with E-state index in [9.17, 15) is 4.79 Å². The highest BCUT2D eigenvalue weighted by Gasteiger charge is 2.09. The largest absolute Gasteiger partial charge is 0.497 e. The number of nitrogens with one attached hydrogen (secondary N) is 2. The molecule has 1 aromatic heterocycles. The Labute approximate surface area is 147 Å². The van der Waals surface area contributed by atoms with E-state index in [1.54, 1.807) is 45.7 Å². The Morgan fingerprint density at radius 2 is 1.96 bits per heavy atom. The van der Waals surface area contributed by atoms with Crippen LogP contribution in [0.4, 0.5) is 11.5 Å². The molecule has 0 spiro atoms. The molecule has 0 saturated carbocycles. The van der Waals surface area contributed by atoms with Crippen molar-refractivity contribution in [2.24, 2.45) is 0 Å². The molecule has 2 aromatic rings. The lowest BCUT2D eigenvalue weighted by molar-refractivity contribution is 0.0948. The van der Waals surface area contributed by atoms with Crippen LogP contribution in [0.25, 0.3) is 0 Å². The van der Waals surface area contributed by atoms with Crippen LogP contribution >= 0.6 is 0 Å². The molecule has 0 atom stereocenters. The van der Waals surface area contributed by atoms with E-state index in [1.165, 1.54) is 0 Å². The molecule has 7 nitrogen and oxygen atoms in total. The minimum absolute atomic E-state index is 0.150. The van der Waals surface area contributed by atoms with Gasteiger partial charge < -0.3 is 24.8 Å². The van der Waals surface area contributed by atoms with Crippen LogP contribution in [-0.4, -0.2) is 45.4 Å². The van der Waals surface area contributed by atoms with Crippen molar-refractivity contribution in [1.82, 2.24) is 10.3 Å². The van der Waals surface area contributed by atoms with Crippen LogP contribution in [-0.2, 0) is 4.74 Å². The molecule has 1 aromatic carbocycles. The van der Waals surface area contributed by atoms with Crippen LogP contribution in [0.2, 0.25) is 0 Å². The van der Waals surface area contributed by atoms with Gasteiger partial charge in [0.15, 0.2) is 0 Å². The highest BCUT2D eigenvalue weighted by Crippen LogP contribution is 2.31. The molecule has 0 bridgehead atoms. The zero-order valence-corrected chi connectivity index (χ0v) is 14.7. The van der Waals surface area contributed by atoms with Gasteiger partial charge in [-0.2, -0.15) is 0 Å². The Kier molecular flexibility index (Phi) is 7.03. The van der Waals surface area contributed by atoms with Crippen molar-refractivity contribution in [3.63, 3.8) is 0 Å². The summed E-state index contributed by atoms with van der Waals surface area (Å²) in [6, 6.07) is 8.78. The van der Waals surface area contributed by atoms with Crippen molar-refractivity contribution in [3.8, 4) is 11.5 Å². The topological polar surface area (TPSA) is 81.7 Å². The molecule has 0 aliphatic rings. The quantitative estimate of drug-likeness (QED) is 0.680. The van der Waals surface area contributed by atoms with Crippen LogP contribution < -0.4 is 20.1 Å². The van der Waals surface area contributed by atoms with E-state index in [0.717, 1.165) is 12.1 Å². The third-order valence-electron chi connectivity index (χ3n) is 3.50. The number of aromatic nitrogens is 1. The second-order valence-electron chi connectivity index (χ2n) is 5.22. The fraction of sp³-hybridized carbons (Fsp3) is 0.333. The third-order valence-corrected chi connectivity index (χ3v) is 3.50. The van der Waals surface area contributed by atoms with Crippen molar-refractivity contribution in [1.29, 1.82) is 0 Å². The number of carbonyl (C=O) groups excluding carboxylic acids is 1. The number of hydrogen-bond donors (Lipinski definition) is 2. The Bertz CT molecular complexity index is 706. The highest BCUT2D eigenvalue weighted by molar-refractivity contribution is 5.94. The first-order valence-corrected chi connectivity index (χ1v) is 7.90. The second kappa shape index (κ2) is 9.48. The SMILES string of the molecule is COCCCNC(=O)c1ccnc(Nc2ccc(OC)cc2OC)c1. The molecule has 1 heterocycles. The number of hydrogen-bond acceptors (Lipinski definition) is 6. The predicted octanol–water partition coefficient (Wildman–Crippen LogP) is 2.61. The molecule has 0 unspecified atom stereocenters. The Hall–Kier alpha value is -2.80. The number of pyridine rings is 1. The fourth-order valence-corrected chi connectivity index (χ4v) is 2.20. The van der Waals surface area contributed by atoms with Gasteiger partial charge in [-0.15, -0.1) is 0 Å². The summed E-state index contributed by atoms with van der Waals surface area (Å²) in [4.78, 5) is 16.4. The Morgan fingerprint density at radius 3 is 2.68 bits per heavy atom. The number of methoxy groups -OCH3 is 3. The summed E-state index contributed by atoms with van der Waals surface area (Å²) >= 11 is 0. The van der Waals surface area contributed by atoms with Gasteiger partial charge in [-0.1, -0.05) is 0 Å². The first-order chi connectivity index (χ1) is 12.2. The normalized spacial score (nSPS) is 10.2. The lowest BCUT2D eigenvalue weighted by Crippen LogP contribution is -2.25. The predicted molar refractivity (Wildman–Crippen MR) is 95.9 cm³/mol. The van der Waals surface area contributed by atoms with Crippen LogP contribution in [0.1, 0.15) is 16.8 Å². The molecule has 0 fully saturated rings. The smallest absolute Gasteiger partial charge is 0.251 e. The van der Waals surface area contributed by atoms with Gasteiger partial charge in [0.25, 0.3) is 5.91 Å². The molecule has 0 aliphatic heterocycles. The molecule has 25 heavy (non-hydrogen) atoms. The second-order valence-corrected chi connectivity index (χ2v) is 5.22. The van der Waals surface area contributed by atoms with Gasteiger partial charge in [-0.3, -0.25) is 4.79 Å². The van der Waals surface area contributed by atoms with Crippen molar-refractivity contribution in [2.45, 2.75) is 6.42 Å². The maximum atomic E-state index is 12.2. The average molecular weight is 345 g/mol. The van der Waals surface area contributed by atoms with Gasteiger partial charge in [0.1, 0.15) is 17.3 Å². The molecule has 2 N–H and O–H groups in total. The molecule has 0 radical (unpaired) electrons. The van der Waals surface area contributed by atoms with Gasteiger partial charge in [0.05, 0.1) is 19.9 Å². The zero-order valence-electron chi connectivity index (χ0n) is 14.7. The van der Waals surface area contributed by atoms with Crippen LogP contribution in [0.15, 0.2) is 36.5 Å². The van der Waals surface area contributed by atoms with E-state index in [1.807, 2.05) is 12.1 Å². The number of nitrogens with zero attached hydrogens (tertiary/aromatic N) is 1. The van der Waals surface area contributed by atoms with Gasteiger partial charge in [-0.25, -0.2) is 4.98 Å². The van der Waals surface area contributed by atoms with E-state index in [2.05, 4.69) is 15.6 Å². The van der Waals surface area contributed by atoms with Gasteiger partial charge in [0, 0.05) is 38.1 Å². The molecular formula is C18H23N3O4. The summed E-state index contributed by atoms with van der Waals surface area (Å²) < 4.78 is 15.5. The van der Waals surface area contributed by atoms with E-state index in [0.29, 0.717) is 36.0 Å². The number of anilines is 2. The van der Waals surface area contributed by atoms with Crippen LogP contribution in [0.3, 0.4) is 0 Å². The van der Waals surface area contributed by atoms with E-state index in [-0.39, 0.29) is 5.91 Å². The summed E-state index contributed by atoms with van der Waals surface area (Å²) in [5.74, 6) is 1.71. The summed E-state index contributed by atoms with van der Waals surface area (Å²) in [5.41, 5.74) is 1.26. The van der Waals surface area contributed by atoms with Gasteiger partial charge in [0.2, 0.25) is 0 Å². The molecule has 0 saturated heterocycles. The monoisotopic (exact) mass is 345 g/mol. The zero-order chi connectivity index (χ0) is 18.1. The average Bonchev–Trinajstić information content (AvgIpc) is 2.65. The van der Waals surface area contributed by atoms with Crippen molar-refractivity contribution >= 4 is 17.4 Å². The maximum Gasteiger partial charge on any atom is 0.251 e. The summed E-state index contributed by atoms with van der Waals surface area (Å²) in [6.45, 7) is 1.17. The number of ether oxygens (including phenoxy) is 3. The molecule has 0 aliphatic carbocycles. The lowest BCUT2D eigenvalue weighted by Gasteiger charge is -2.12. The van der Waals surface area contributed by atoms with Crippen molar-refractivity contribution < 1.29 is 19.0 Å². The summed E-state index contributed by atoms with van der Waals surface area (Å²) in [5, 5.41) is 6.00. The van der Waals surface area contributed by atoms with E-state index < -0.39 is 0 Å². The molecule has 7 heteroatoms. The highest BCUT2D eigenvalue weighted by atomic mass is 16.5. The number of carbonyl (C=O) groups is 1. The van der Waals surface area contributed by atoms with Crippen LogP contribution in [0.5, 0.6) is 11.5 Å². The summed E-state index contributed by atoms with van der Waals surface area (Å²) in [6.07, 6.45) is 2.35. The molecule has 134 valence electrons. The van der Waals surface area contributed by atoms with Gasteiger partial charge in [-0.05, 0) is 30.7 Å². The molecule has 2 rings (SSSR count). The number of rotatable bonds is 9. The van der Waals surface area contributed by atoms with E-state index in [4.69, 9.17) is 14.2 Å². The standard InChI is InChI=1S/C18H23N3O4/c1-23-10-4-8-20-18(22)13-7-9-19-17(11-13)21-15-6-5-14(24-2)12-16(15)25-3/h5-7,9,11-12H,4,8,10H2,1-3H3,(H,19,21)(H,20,22). The van der Waals surface area contributed by atoms with Crippen molar-refractivity contribution in [2.75, 3.05) is 39.8 Å². The number of amides is 1. The minimum Gasteiger partial charge on any atom is -0.497 e. The maximum absolute atomic E-state index is 12.2. The molecular weight excluding hydrogens is 322 g/mol. The van der Waals surface area contributed by atoms with Gasteiger partial charge >= 0.3 is 0 Å².